The van der Waals surface area contributed by atoms with Gasteiger partial charge in [0, 0.05) is 24.2 Å². The fraction of sp³-hybridized carbons (Fsp3) is 0.273. The minimum Gasteiger partial charge on any atom is -0.481 e. The molecule has 0 spiro atoms. The van der Waals surface area contributed by atoms with Crippen molar-refractivity contribution in [2.24, 2.45) is 5.90 Å². The van der Waals surface area contributed by atoms with Crippen LogP contribution in [0.1, 0.15) is 25.0 Å². The number of nitrogens with zero attached hydrogens (tertiary/aromatic N) is 3. The summed E-state index contributed by atoms with van der Waals surface area (Å²) in [5, 5.41) is 16.3. The number of carbonyl (C=O) groups excluding carboxylic acids is 3. The summed E-state index contributed by atoms with van der Waals surface area (Å²) >= 11 is 0. The number of fused-ring (bicyclic) bond motifs is 1. The number of nitrogens with two attached hydrogens (primary N) is 2. The van der Waals surface area contributed by atoms with Crippen LogP contribution >= 0.6 is 0 Å². The first-order valence-electron chi connectivity index (χ1n) is 11.0. The summed E-state index contributed by atoms with van der Waals surface area (Å²) in [5.74, 6) is 1.53. The van der Waals surface area contributed by atoms with Crippen LogP contribution in [0.15, 0.2) is 47.6 Å². The van der Waals surface area contributed by atoms with Crippen LogP contribution in [-0.2, 0) is 30.6 Å². The van der Waals surface area contributed by atoms with Crippen LogP contribution in [0.4, 0.5) is 5.95 Å². The van der Waals surface area contributed by atoms with Gasteiger partial charge in [-0.15, -0.1) is 0 Å². The zero-order valence-corrected chi connectivity index (χ0v) is 20.2. The number of nitrogen functional groups attached to an aromatic ring is 1. The first kappa shape index (κ1) is 29.1. The minimum atomic E-state index is -1.25. The third kappa shape index (κ3) is 9.15. The minimum absolute atomic E-state index is 0.0213. The molecule has 2 aromatic rings. The maximum Gasteiger partial charge on any atom is 0.347 e. The Morgan fingerprint density at radius 1 is 1.16 bits per heavy atom. The number of allylic oxidation sites excluding steroid dienone is 1. The summed E-state index contributed by atoms with van der Waals surface area (Å²) in [6.07, 6.45) is 3.58. The van der Waals surface area contributed by atoms with E-state index in [0.29, 0.717) is 11.4 Å². The number of aliphatic carboxylic acids is 1. The molecule has 2 heterocycles. The van der Waals surface area contributed by atoms with Crippen molar-refractivity contribution < 1.29 is 29.1 Å². The number of carboxylic acid groups (broad SMARTS) is 1. The summed E-state index contributed by atoms with van der Waals surface area (Å²) < 4.78 is 0. The third-order valence-corrected chi connectivity index (χ3v) is 4.79. The largest absolute Gasteiger partial charge is 0.481 e. The average Bonchev–Trinajstić information content (AvgIpc) is 2.87. The Balaban J connectivity index is 1.88. The van der Waals surface area contributed by atoms with Crippen LogP contribution in [0.3, 0.4) is 0 Å². The normalized spacial score (nSPS) is 11.5. The number of nitrogens with one attached hydrogen (secondary N) is 4. The van der Waals surface area contributed by atoms with Gasteiger partial charge < -0.3 is 31.6 Å². The number of aromatic amines is 1. The van der Waals surface area contributed by atoms with Crippen LogP contribution in [-0.4, -0.2) is 61.4 Å². The van der Waals surface area contributed by atoms with Gasteiger partial charge in [0.25, 0.3) is 11.5 Å². The molecule has 0 bridgehead atoms. The fourth-order valence-electron chi connectivity index (χ4n) is 2.85. The van der Waals surface area contributed by atoms with Gasteiger partial charge >= 0.3 is 11.9 Å². The second kappa shape index (κ2) is 13.8. The highest BCUT2D eigenvalue weighted by molar-refractivity contribution is 5.98. The number of anilines is 1. The van der Waals surface area contributed by atoms with Gasteiger partial charge in [-0.25, -0.2) is 14.8 Å². The van der Waals surface area contributed by atoms with E-state index in [2.05, 4.69) is 53.9 Å². The second-order valence-electron chi connectivity index (χ2n) is 7.72. The molecule has 0 fully saturated rings. The van der Waals surface area contributed by atoms with Crippen molar-refractivity contribution in [1.82, 2.24) is 35.9 Å². The molecule has 16 heteroatoms. The van der Waals surface area contributed by atoms with Crippen molar-refractivity contribution in [3.8, 4) is 0 Å². The lowest BCUT2D eigenvalue weighted by molar-refractivity contribution is -0.148. The molecule has 0 radical (unpaired) electrons. The van der Waals surface area contributed by atoms with Crippen LogP contribution in [0.5, 0.6) is 0 Å². The lowest BCUT2D eigenvalue weighted by atomic mass is 10.1. The summed E-state index contributed by atoms with van der Waals surface area (Å²) in [7, 11) is 0. The molecule has 0 aromatic carbocycles. The van der Waals surface area contributed by atoms with Crippen molar-refractivity contribution in [2.75, 3.05) is 12.3 Å². The molecule has 0 aliphatic carbocycles. The first-order chi connectivity index (χ1) is 18.0. The monoisotopic (exact) mass is 529 g/mol. The number of H-pyrrole nitrogens is 1. The predicted molar refractivity (Wildman–Crippen MR) is 133 cm³/mol. The van der Waals surface area contributed by atoms with Gasteiger partial charge in [0.1, 0.15) is 6.04 Å². The topological polar surface area (TPSA) is 257 Å². The van der Waals surface area contributed by atoms with Gasteiger partial charge in [-0.3, -0.25) is 24.2 Å². The summed E-state index contributed by atoms with van der Waals surface area (Å²) in [6.45, 7) is 7.48. The van der Waals surface area contributed by atoms with Crippen molar-refractivity contribution in [3.63, 3.8) is 0 Å². The Bertz CT molecular complexity index is 1340. The van der Waals surface area contributed by atoms with E-state index in [4.69, 9.17) is 16.7 Å². The Morgan fingerprint density at radius 2 is 1.89 bits per heavy atom. The summed E-state index contributed by atoms with van der Waals surface area (Å²) in [4.78, 5) is 77.3. The zero-order valence-electron chi connectivity index (χ0n) is 20.2. The van der Waals surface area contributed by atoms with Gasteiger partial charge in [0.05, 0.1) is 24.9 Å². The molecule has 9 N–H and O–H groups in total. The molecule has 0 saturated heterocycles. The molecule has 16 nitrogen and oxygen atoms in total. The highest BCUT2D eigenvalue weighted by atomic mass is 16.7. The van der Waals surface area contributed by atoms with E-state index in [0.717, 1.165) is 0 Å². The predicted octanol–water partition coefficient (Wildman–Crippen LogP) is -1.72. The number of amides is 2. The maximum atomic E-state index is 12.4. The van der Waals surface area contributed by atoms with E-state index in [1.807, 2.05) is 0 Å². The van der Waals surface area contributed by atoms with Crippen LogP contribution < -0.4 is 33.1 Å². The van der Waals surface area contributed by atoms with Gasteiger partial charge in [0.15, 0.2) is 11.2 Å². The Hall–Kier alpha value is -5.12. The van der Waals surface area contributed by atoms with Gasteiger partial charge in [0.2, 0.25) is 11.9 Å². The van der Waals surface area contributed by atoms with Gasteiger partial charge in [-0.05, 0) is 18.6 Å². The van der Waals surface area contributed by atoms with Crippen molar-refractivity contribution >= 4 is 40.9 Å². The molecule has 0 saturated carbocycles. The number of hydrogen-bond acceptors (Lipinski definition) is 12. The molecule has 0 aliphatic heterocycles. The van der Waals surface area contributed by atoms with E-state index in [9.17, 15) is 24.0 Å². The number of hydrogen-bond donors (Lipinski definition) is 7. The highest BCUT2D eigenvalue weighted by Gasteiger charge is 2.23. The molecule has 2 amide bonds. The van der Waals surface area contributed by atoms with E-state index in [1.165, 1.54) is 18.3 Å². The molecule has 202 valence electrons. The number of carbonyl (C=O) groups is 4. The number of carboxylic acids is 1. The van der Waals surface area contributed by atoms with Gasteiger partial charge in [-0.1, -0.05) is 13.2 Å². The molecular weight excluding hydrogens is 502 g/mol. The third-order valence-electron chi connectivity index (χ3n) is 4.79. The maximum absolute atomic E-state index is 12.4. The van der Waals surface area contributed by atoms with E-state index < -0.39 is 35.4 Å². The standard InChI is InChI=1S/C22H27N9O7/c1-11(19(35)29-14(21(37)38-24)5-6-15(32)25-8-7-16(33)34)3-4-12(2)26-9-13-10-27-18-17(28-13)20(36)31-22(23)30-18/h3-4,10,14,26H,1-2,5-9,24H2,(H,25,32)(H,29,35)(H,33,34)(H3,23,27,30,31,36)/b4-3-/t14-/m1/s1. The quantitative estimate of drug-likeness (QED) is 0.0817. The molecule has 0 unspecified atom stereocenters. The highest BCUT2D eigenvalue weighted by Crippen LogP contribution is 2.06. The Kier molecular flexibility index (Phi) is 10.6. The molecule has 38 heavy (non-hydrogen) atoms. The molecular formula is C22H27N9O7. The van der Waals surface area contributed by atoms with Crippen LogP contribution in [0, 0.1) is 0 Å². The lowest BCUT2D eigenvalue weighted by Crippen LogP contribution is -2.43. The molecule has 2 rings (SSSR count). The summed E-state index contributed by atoms with van der Waals surface area (Å²) in [6, 6.07) is -1.25. The van der Waals surface area contributed by atoms with Crippen LogP contribution in [0.25, 0.3) is 11.2 Å². The fourth-order valence-corrected chi connectivity index (χ4v) is 2.85. The molecule has 0 aliphatic rings. The van der Waals surface area contributed by atoms with Crippen LogP contribution in [0.2, 0.25) is 0 Å². The van der Waals surface area contributed by atoms with E-state index >= 15 is 0 Å². The SMILES string of the molecule is C=C(/C=C\C(=C)C(=O)N[C@H](CCC(=O)NCCC(=O)O)C(=O)ON)NCc1cnc2nc(N)[nH]c(=O)c2n1. The van der Waals surface area contributed by atoms with Crippen molar-refractivity contribution in [1.29, 1.82) is 0 Å². The second-order valence-corrected chi connectivity index (χ2v) is 7.72. The number of rotatable bonds is 14. The van der Waals surface area contributed by atoms with Crippen molar-refractivity contribution in [3.05, 3.63) is 58.8 Å². The van der Waals surface area contributed by atoms with Crippen molar-refractivity contribution in [2.45, 2.75) is 31.8 Å². The average molecular weight is 530 g/mol. The van der Waals surface area contributed by atoms with E-state index in [-0.39, 0.29) is 55.0 Å². The van der Waals surface area contributed by atoms with E-state index in [1.54, 1.807) is 0 Å². The van der Waals surface area contributed by atoms with Gasteiger partial charge in [-0.2, -0.15) is 10.9 Å². The Morgan fingerprint density at radius 3 is 2.58 bits per heavy atom. The number of aromatic nitrogens is 4. The zero-order chi connectivity index (χ0) is 28.2. The molecule has 1 atom stereocenters. The lowest BCUT2D eigenvalue weighted by Gasteiger charge is -2.16. The first-order valence-corrected chi connectivity index (χ1v) is 11.0. The molecule has 2 aromatic heterocycles. The summed E-state index contributed by atoms with van der Waals surface area (Å²) in [5.41, 5.74) is 5.80. The Labute approximate surface area is 215 Å². The smallest absolute Gasteiger partial charge is 0.347 e.